The van der Waals surface area contributed by atoms with Crippen molar-refractivity contribution in [3.05, 3.63) is 34.7 Å². The van der Waals surface area contributed by atoms with E-state index in [1.54, 1.807) is 32.2 Å². The number of ether oxygens (including phenoxy) is 2. The predicted molar refractivity (Wildman–Crippen MR) is 78.8 cm³/mol. The van der Waals surface area contributed by atoms with E-state index in [1.165, 1.54) is 0 Å². The number of oxazole rings is 1. The zero-order chi connectivity index (χ0) is 15.4. The minimum Gasteiger partial charge on any atom is -0.496 e. The molecule has 5 nitrogen and oxygen atoms in total. The molecule has 2 aromatic rings. The Labute approximate surface area is 127 Å². The Morgan fingerprint density at radius 2 is 2.14 bits per heavy atom. The third kappa shape index (κ3) is 3.19. The molecule has 0 aliphatic rings. The van der Waals surface area contributed by atoms with E-state index in [-0.39, 0.29) is 18.3 Å². The lowest BCUT2D eigenvalue weighted by Crippen LogP contribution is -2.05. The van der Waals surface area contributed by atoms with Crippen molar-refractivity contribution >= 4 is 17.6 Å². The summed E-state index contributed by atoms with van der Waals surface area (Å²) in [5.41, 5.74) is 1.14. The number of carbonyl (C=O) groups is 1. The van der Waals surface area contributed by atoms with Crippen molar-refractivity contribution in [3.8, 4) is 17.2 Å². The van der Waals surface area contributed by atoms with Crippen molar-refractivity contribution in [1.29, 1.82) is 0 Å². The Morgan fingerprint density at radius 3 is 2.76 bits per heavy atom. The van der Waals surface area contributed by atoms with Gasteiger partial charge in [0.15, 0.2) is 0 Å². The second-order valence-corrected chi connectivity index (χ2v) is 4.65. The van der Waals surface area contributed by atoms with Gasteiger partial charge in [-0.2, -0.15) is 0 Å². The number of nitrogens with zero attached hydrogens (tertiary/aromatic N) is 1. The van der Waals surface area contributed by atoms with Crippen molar-refractivity contribution in [2.24, 2.45) is 0 Å². The maximum absolute atomic E-state index is 11.9. The van der Waals surface area contributed by atoms with Gasteiger partial charge in [-0.1, -0.05) is 18.5 Å². The van der Waals surface area contributed by atoms with Crippen LogP contribution in [0, 0.1) is 0 Å². The van der Waals surface area contributed by atoms with Gasteiger partial charge in [-0.3, -0.25) is 0 Å². The maximum atomic E-state index is 11.9. The highest BCUT2D eigenvalue weighted by atomic mass is 35.5. The first kappa shape index (κ1) is 15.4. The van der Waals surface area contributed by atoms with E-state index in [1.807, 2.05) is 6.92 Å². The monoisotopic (exact) mass is 309 g/mol. The first-order valence-corrected chi connectivity index (χ1v) is 6.99. The van der Waals surface area contributed by atoms with E-state index in [9.17, 15) is 4.79 Å². The van der Waals surface area contributed by atoms with Crippen LogP contribution in [0.15, 0.2) is 22.6 Å². The largest absolute Gasteiger partial charge is 0.496 e. The van der Waals surface area contributed by atoms with Gasteiger partial charge in [0.25, 0.3) is 0 Å². The molecular weight excluding hydrogens is 294 g/mol. The molecule has 0 spiro atoms. The Kier molecular flexibility index (Phi) is 4.85. The molecule has 112 valence electrons. The highest BCUT2D eigenvalue weighted by Crippen LogP contribution is 2.33. The molecule has 1 heterocycles. The highest BCUT2D eigenvalue weighted by Gasteiger charge is 2.22. The van der Waals surface area contributed by atoms with Gasteiger partial charge in [0.2, 0.25) is 11.7 Å². The molecule has 0 unspecified atom stereocenters. The average Bonchev–Trinajstić information content (AvgIpc) is 2.91. The molecule has 0 N–H and O–H groups in total. The second kappa shape index (κ2) is 6.63. The van der Waals surface area contributed by atoms with E-state index in [4.69, 9.17) is 25.5 Å². The third-order valence-corrected chi connectivity index (χ3v) is 3.12. The van der Waals surface area contributed by atoms with Gasteiger partial charge in [-0.05, 0) is 31.5 Å². The van der Waals surface area contributed by atoms with Crippen LogP contribution in [0.2, 0.25) is 5.02 Å². The Hall–Kier alpha value is -2.01. The fourth-order valence-corrected chi connectivity index (χ4v) is 2.08. The van der Waals surface area contributed by atoms with Gasteiger partial charge in [0.1, 0.15) is 5.75 Å². The molecular formula is C15H16ClNO4. The van der Waals surface area contributed by atoms with Crippen molar-refractivity contribution in [3.63, 3.8) is 0 Å². The maximum Gasteiger partial charge on any atom is 0.376 e. The van der Waals surface area contributed by atoms with Crippen LogP contribution in [0.25, 0.3) is 11.5 Å². The van der Waals surface area contributed by atoms with Gasteiger partial charge in [-0.25, -0.2) is 9.78 Å². The fourth-order valence-electron chi connectivity index (χ4n) is 1.91. The molecule has 0 bridgehead atoms. The van der Waals surface area contributed by atoms with Crippen LogP contribution < -0.4 is 4.74 Å². The molecule has 0 atom stereocenters. The van der Waals surface area contributed by atoms with E-state index in [2.05, 4.69) is 4.98 Å². The third-order valence-electron chi connectivity index (χ3n) is 2.88. The number of hydrogen-bond donors (Lipinski definition) is 0. The Bertz CT molecular complexity index is 651. The second-order valence-electron chi connectivity index (χ2n) is 4.21. The van der Waals surface area contributed by atoms with Crippen LogP contribution in [0.4, 0.5) is 0 Å². The topological polar surface area (TPSA) is 61.6 Å². The van der Waals surface area contributed by atoms with Crippen molar-refractivity contribution < 1.29 is 18.7 Å². The smallest absolute Gasteiger partial charge is 0.376 e. The summed E-state index contributed by atoms with van der Waals surface area (Å²) >= 11 is 6.00. The van der Waals surface area contributed by atoms with Crippen LogP contribution in [0.1, 0.15) is 30.1 Å². The summed E-state index contributed by atoms with van der Waals surface area (Å²) in [4.78, 5) is 16.2. The summed E-state index contributed by atoms with van der Waals surface area (Å²) < 4.78 is 15.8. The molecule has 0 saturated carbocycles. The minimum atomic E-state index is -0.519. The molecule has 0 saturated heterocycles. The summed E-state index contributed by atoms with van der Waals surface area (Å²) in [6.07, 6.45) is 0.556. The lowest BCUT2D eigenvalue weighted by Gasteiger charge is -2.05. The molecule has 0 aliphatic carbocycles. The summed E-state index contributed by atoms with van der Waals surface area (Å²) in [6.45, 7) is 3.90. The molecule has 0 fully saturated rings. The van der Waals surface area contributed by atoms with Gasteiger partial charge < -0.3 is 13.9 Å². The first-order valence-electron chi connectivity index (χ1n) is 6.61. The van der Waals surface area contributed by atoms with E-state index >= 15 is 0 Å². The number of aromatic nitrogens is 1. The van der Waals surface area contributed by atoms with E-state index in [0.29, 0.717) is 28.5 Å². The normalized spacial score (nSPS) is 10.5. The molecule has 2 rings (SSSR count). The average molecular weight is 310 g/mol. The summed E-state index contributed by atoms with van der Waals surface area (Å²) in [6, 6.07) is 5.11. The number of halogens is 1. The molecule has 1 aromatic heterocycles. The highest BCUT2D eigenvalue weighted by molar-refractivity contribution is 6.30. The molecule has 21 heavy (non-hydrogen) atoms. The zero-order valence-corrected chi connectivity index (χ0v) is 12.9. The van der Waals surface area contributed by atoms with Crippen LogP contribution in [0.3, 0.4) is 0 Å². The van der Waals surface area contributed by atoms with Crippen LogP contribution in [-0.4, -0.2) is 24.7 Å². The Morgan fingerprint density at radius 1 is 1.38 bits per heavy atom. The number of esters is 1. The van der Waals surface area contributed by atoms with Gasteiger partial charge >= 0.3 is 5.97 Å². The lowest BCUT2D eigenvalue weighted by molar-refractivity contribution is 0.0489. The van der Waals surface area contributed by atoms with Crippen molar-refractivity contribution in [1.82, 2.24) is 4.98 Å². The minimum absolute atomic E-state index is 0.122. The number of carbonyl (C=O) groups excluding carboxylic acids is 1. The lowest BCUT2D eigenvalue weighted by atomic mass is 10.2. The Balaban J connectivity index is 2.50. The first-order chi connectivity index (χ1) is 10.1. The summed E-state index contributed by atoms with van der Waals surface area (Å²) in [5, 5.41) is 0.528. The van der Waals surface area contributed by atoms with Crippen LogP contribution in [0.5, 0.6) is 5.75 Å². The number of methoxy groups -OCH3 is 1. The molecule has 0 radical (unpaired) electrons. The van der Waals surface area contributed by atoms with Gasteiger partial charge in [-0.15, -0.1) is 0 Å². The number of aryl methyl sites for hydroxylation is 1. The standard InChI is InChI=1S/C15H16ClNO4/c1-4-11-13(15(18)20-5-2)21-14(17-11)10-8-9(16)6-7-12(10)19-3/h6-8H,4-5H2,1-3H3. The van der Waals surface area contributed by atoms with Gasteiger partial charge in [0.05, 0.1) is 25.0 Å². The zero-order valence-electron chi connectivity index (χ0n) is 12.1. The summed E-state index contributed by atoms with van der Waals surface area (Å²) in [7, 11) is 1.54. The van der Waals surface area contributed by atoms with Crippen molar-refractivity contribution in [2.45, 2.75) is 20.3 Å². The van der Waals surface area contributed by atoms with E-state index in [0.717, 1.165) is 0 Å². The molecule has 0 aliphatic heterocycles. The number of benzene rings is 1. The molecule has 6 heteroatoms. The quantitative estimate of drug-likeness (QED) is 0.787. The number of hydrogen-bond acceptors (Lipinski definition) is 5. The fraction of sp³-hybridized carbons (Fsp3) is 0.333. The molecule has 1 aromatic carbocycles. The van der Waals surface area contributed by atoms with E-state index < -0.39 is 5.97 Å². The molecule has 0 amide bonds. The number of rotatable bonds is 5. The van der Waals surface area contributed by atoms with Crippen LogP contribution in [-0.2, 0) is 11.2 Å². The SMILES string of the molecule is CCOC(=O)c1oc(-c2cc(Cl)ccc2OC)nc1CC. The summed E-state index contributed by atoms with van der Waals surface area (Å²) in [5.74, 6) is 0.457. The predicted octanol–water partition coefficient (Wildman–Crippen LogP) is 3.74. The van der Waals surface area contributed by atoms with Crippen LogP contribution >= 0.6 is 11.6 Å². The van der Waals surface area contributed by atoms with Crippen molar-refractivity contribution in [2.75, 3.05) is 13.7 Å². The van der Waals surface area contributed by atoms with Gasteiger partial charge in [0, 0.05) is 5.02 Å².